The predicted octanol–water partition coefficient (Wildman–Crippen LogP) is 0.645. The molecule has 0 atom stereocenters. The lowest BCUT2D eigenvalue weighted by Gasteiger charge is -2.40. The normalized spacial score (nSPS) is 19.3. The number of halogens is 1. The van der Waals surface area contributed by atoms with Gasteiger partial charge in [0.25, 0.3) is 0 Å². The van der Waals surface area contributed by atoms with E-state index in [0.717, 1.165) is 0 Å². The zero-order chi connectivity index (χ0) is 14.2. The number of benzene rings is 1. The van der Waals surface area contributed by atoms with Crippen molar-refractivity contribution < 1.29 is 14.0 Å². The second-order valence-corrected chi connectivity index (χ2v) is 5.11. The molecule has 0 radical (unpaired) electrons. The maximum absolute atomic E-state index is 13.9. The van der Waals surface area contributed by atoms with Gasteiger partial charge >= 0.3 is 0 Å². The van der Waals surface area contributed by atoms with Crippen molar-refractivity contribution in [1.82, 2.24) is 10.2 Å². The van der Waals surface area contributed by atoms with Gasteiger partial charge in [-0.2, -0.15) is 0 Å². The highest BCUT2D eigenvalue weighted by atomic mass is 19.1. The lowest BCUT2D eigenvalue weighted by molar-refractivity contribution is -0.145. The molecule has 1 fully saturated rings. The summed E-state index contributed by atoms with van der Waals surface area (Å²) in [6.45, 7) is 3.59. The van der Waals surface area contributed by atoms with E-state index in [1.165, 1.54) is 6.07 Å². The Morgan fingerprint density at radius 2 is 2.11 bits per heavy atom. The number of hydrogen-bond donors (Lipinski definition) is 2. The quantitative estimate of drug-likeness (QED) is 0.608. The first kappa shape index (κ1) is 13.5. The molecule has 0 saturated carbocycles. The van der Waals surface area contributed by atoms with E-state index in [1.807, 2.05) is 0 Å². The van der Waals surface area contributed by atoms with E-state index in [1.54, 1.807) is 30.9 Å². The molecular weight excluding hydrogens is 249 g/mol. The molecule has 2 amide bonds. The van der Waals surface area contributed by atoms with Crippen LogP contribution in [0.1, 0.15) is 19.4 Å². The number of rotatable bonds is 2. The molecule has 102 valence electrons. The number of piperazine rings is 1. The standard InChI is InChI=1S/C13H16FN3O2/c1-13(2)12(19)16-10(18)7-17(13)6-8-4-3-5-9(15)11(8)14/h3-5H,6-7,15H2,1-2H3,(H,16,18,19). The Balaban J connectivity index is 2.28. The summed E-state index contributed by atoms with van der Waals surface area (Å²) in [7, 11) is 0. The highest BCUT2D eigenvalue weighted by Crippen LogP contribution is 2.23. The number of carbonyl (C=O) groups is 2. The summed E-state index contributed by atoms with van der Waals surface area (Å²) in [5.41, 5.74) is 5.07. The van der Waals surface area contributed by atoms with E-state index in [2.05, 4.69) is 5.32 Å². The van der Waals surface area contributed by atoms with Gasteiger partial charge in [-0.15, -0.1) is 0 Å². The summed E-state index contributed by atoms with van der Waals surface area (Å²) in [6.07, 6.45) is 0. The van der Waals surface area contributed by atoms with Crippen LogP contribution in [-0.4, -0.2) is 28.8 Å². The van der Waals surface area contributed by atoms with E-state index < -0.39 is 11.4 Å². The van der Waals surface area contributed by atoms with Gasteiger partial charge in [0.05, 0.1) is 17.8 Å². The third-order valence-corrected chi connectivity index (χ3v) is 3.40. The molecule has 0 bridgehead atoms. The highest BCUT2D eigenvalue weighted by molar-refractivity contribution is 6.02. The van der Waals surface area contributed by atoms with Crippen molar-refractivity contribution in [2.45, 2.75) is 25.9 Å². The number of nitrogen functional groups attached to an aromatic ring is 1. The fraction of sp³-hybridized carbons (Fsp3) is 0.385. The third-order valence-electron chi connectivity index (χ3n) is 3.40. The van der Waals surface area contributed by atoms with Crippen molar-refractivity contribution in [3.8, 4) is 0 Å². The van der Waals surface area contributed by atoms with Gasteiger partial charge in [-0.25, -0.2) is 4.39 Å². The topological polar surface area (TPSA) is 75.4 Å². The van der Waals surface area contributed by atoms with Gasteiger partial charge in [-0.05, 0) is 19.9 Å². The van der Waals surface area contributed by atoms with E-state index >= 15 is 0 Å². The summed E-state index contributed by atoms with van der Waals surface area (Å²) in [4.78, 5) is 24.8. The number of hydrogen-bond acceptors (Lipinski definition) is 4. The molecule has 0 unspecified atom stereocenters. The van der Waals surface area contributed by atoms with Crippen LogP contribution in [-0.2, 0) is 16.1 Å². The Morgan fingerprint density at radius 1 is 1.42 bits per heavy atom. The smallest absolute Gasteiger partial charge is 0.246 e. The van der Waals surface area contributed by atoms with Crippen LogP contribution in [0.4, 0.5) is 10.1 Å². The Morgan fingerprint density at radius 3 is 2.79 bits per heavy atom. The van der Waals surface area contributed by atoms with Gasteiger partial charge in [0.1, 0.15) is 0 Å². The summed E-state index contributed by atoms with van der Waals surface area (Å²) in [5, 5.41) is 2.27. The zero-order valence-electron chi connectivity index (χ0n) is 10.9. The molecule has 0 aromatic heterocycles. The fourth-order valence-corrected chi connectivity index (χ4v) is 2.01. The van der Waals surface area contributed by atoms with Crippen LogP contribution in [0.25, 0.3) is 0 Å². The number of imide groups is 1. The minimum absolute atomic E-state index is 0.0486. The fourth-order valence-electron chi connectivity index (χ4n) is 2.01. The van der Waals surface area contributed by atoms with E-state index in [4.69, 9.17) is 5.73 Å². The van der Waals surface area contributed by atoms with Gasteiger partial charge in [0.2, 0.25) is 11.8 Å². The Labute approximate surface area is 110 Å². The average molecular weight is 265 g/mol. The van der Waals surface area contributed by atoms with Crippen molar-refractivity contribution in [1.29, 1.82) is 0 Å². The summed E-state index contributed by atoms with van der Waals surface area (Å²) >= 11 is 0. The van der Waals surface area contributed by atoms with Crippen LogP contribution in [0.15, 0.2) is 18.2 Å². The lowest BCUT2D eigenvalue weighted by Crippen LogP contribution is -2.63. The maximum Gasteiger partial charge on any atom is 0.246 e. The largest absolute Gasteiger partial charge is 0.396 e. The SMILES string of the molecule is CC1(C)C(=O)NC(=O)CN1Cc1cccc(N)c1F. The number of amides is 2. The molecule has 2 rings (SSSR count). The molecule has 0 aliphatic carbocycles. The monoisotopic (exact) mass is 265 g/mol. The second kappa shape index (κ2) is 4.62. The number of anilines is 1. The van der Waals surface area contributed by atoms with E-state index in [0.29, 0.717) is 5.56 Å². The number of nitrogens with two attached hydrogens (primary N) is 1. The molecular formula is C13H16FN3O2. The Hall–Kier alpha value is -1.95. The van der Waals surface area contributed by atoms with Gasteiger partial charge in [0.15, 0.2) is 5.82 Å². The molecule has 1 aliphatic rings. The Kier molecular flexibility index (Phi) is 3.28. The number of carbonyl (C=O) groups excluding carboxylic acids is 2. The molecule has 3 N–H and O–H groups in total. The minimum atomic E-state index is -0.870. The van der Waals surface area contributed by atoms with Crippen molar-refractivity contribution in [2.75, 3.05) is 12.3 Å². The van der Waals surface area contributed by atoms with Gasteiger partial charge < -0.3 is 5.73 Å². The first-order chi connectivity index (χ1) is 8.82. The van der Waals surface area contributed by atoms with Crippen LogP contribution in [0, 0.1) is 5.82 Å². The zero-order valence-corrected chi connectivity index (χ0v) is 10.9. The molecule has 1 aromatic rings. The first-order valence-corrected chi connectivity index (χ1v) is 5.94. The lowest BCUT2D eigenvalue weighted by atomic mass is 9.97. The molecule has 1 aromatic carbocycles. The van der Waals surface area contributed by atoms with Crippen LogP contribution in [0.5, 0.6) is 0 Å². The highest BCUT2D eigenvalue weighted by Gasteiger charge is 2.40. The van der Waals surface area contributed by atoms with Gasteiger partial charge in [-0.1, -0.05) is 12.1 Å². The average Bonchev–Trinajstić information content (AvgIpc) is 2.32. The summed E-state index contributed by atoms with van der Waals surface area (Å²) < 4.78 is 13.9. The van der Waals surface area contributed by atoms with Crippen molar-refractivity contribution in [3.63, 3.8) is 0 Å². The van der Waals surface area contributed by atoms with Crippen LogP contribution < -0.4 is 11.1 Å². The predicted molar refractivity (Wildman–Crippen MR) is 68.5 cm³/mol. The Bertz CT molecular complexity index is 543. The first-order valence-electron chi connectivity index (χ1n) is 5.94. The third kappa shape index (κ3) is 2.44. The number of nitrogens with one attached hydrogen (secondary N) is 1. The maximum atomic E-state index is 13.9. The van der Waals surface area contributed by atoms with Crippen LogP contribution in [0.3, 0.4) is 0 Å². The molecule has 1 saturated heterocycles. The van der Waals surface area contributed by atoms with Crippen molar-refractivity contribution in [3.05, 3.63) is 29.6 Å². The summed E-state index contributed by atoms with van der Waals surface area (Å²) in [6, 6.07) is 4.71. The van der Waals surface area contributed by atoms with Gasteiger partial charge in [0, 0.05) is 12.1 Å². The van der Waals surface area contributed by atoms with Crippen molar-refractivity contribution in [2.24, 2.45) is 0 Å². The van der Waals surface area contributed by atoms with Crippen LogP contribution in [0.2, 0.25) is 0 Å². The van der Waals surface area contributed by atoms with Crippen LogP contribution >= 0.6 is 0 Å². The minimum Gasteiger partial charge on any atom is -0.396 e. The summed E-state index contributed by atoms with van der Waals surface area (Å²) in [5.74, 6) is -1.27. The number of nitrogens with zero attached hydrogens (tertiary/aromatic N) is 1. The van der Waals surface area contributed by atoms with E-state index in [9.17, 15) is 14.0 Å². The molecule has 19 heavy (non-hydrogen) atoms. The molecule has 1 heterocycles. The van der Waals surface area contributed by atoms with E-state index in [-0.39, 0.29) is 30.6 Å². The molecule has 1 aliphatic heterocycles. The van der Waals surface area contributed by atoms with Gasteiger partial charge in [-0.3, -0.25) is 19.8 Å². The molecule has 5 nitrogen and oxygen atoms in total. The second-order valence-electron chi connectivity index (χ2n) is 5.11. The molecule has 6 heteroatoms. The molecule has 0 spiro atoms. The van der Waals surface area contributed by atoms with Crippen molar-refractivity contribution >= 4 is 17.5 Å².